The van der Waals surface area contributed by atoms with Crippen LogP contribution in [0.3, 0.4) is 0 Å². The van der Waals surface area contributed by atoms with Gasteiger partial charge >= 0.3 is 154 Å². The number of hydrogen-bond donors (Lipinski definition) is 1. The number of esters is 2. The Morgan fingerprint density at radius 3 is 1.11 bits per heavy atom. The molecule has 2 unspecified atom stereocenters. The molecule has 1 N–H and O–H groups in total. The molecule has 5 aromatic carbocycles. The van der Waals surface area contributed by atoms with Crippen LogP contribution in [0.25, 0.3) is 0 Å². The van der Waals surface area contributed by atoms with Crippen molar-refractivity contribution in [1.82, 2.24) is 0 Å². The summed E-state index contributed by atoms with van der Waals surface area (Å²) < 4.78 is 6.37. The van der Waals surface area contributed by atoms with E-state index in [2.05, 4.69) is 147 Å². The number of benzene rings is 5. The molecule has 0 bridgehead atoms. The predicted octanol–water partition coefficient (Wildman–Crippen LogP) is 9.59. The Labute approximate surface area is 301 Å². The minimum absolute atomic E-state index is 0.297. The fourth-order valence-corrected chi connectivity index (χ4v) is 12.1. The number of carbonyl (C=O) groups is 2. The molecule has 0 saturated heterocycles. The van der Waals surface area contributed by atoms with Crippen molar-refractivity contribution >= 4 is 78.8 Å². The zero-order valence-corrected chi connectivity index (χ0v) is 32.2. The van der Waals surface area contributed by atoms with E-state index in [1.807, 2.05) is 19.1 Å². The first-order valence-corrected chi connectivity index (χ1v) is 21.9. The summed E-state index contributed by atoms with van der Waals surface area (Å²) >= 11 is 11.8. The topological polar surface area (TPSA) is 72.8 Å². The summed E-state index contributed by atoms with van der Waals surface area (Å²) in [5, 5.41) is 13.0. The van der Waals surface area contributed by atoms with Crippen molar-refractivity contribution in [1.29, 1.82) is 0 Å². The van der Waals surface area contributed by atoms with Gasteiger partial charge in [0.05, 0.1) is 31.5 Å². The van der Waals surface area contributed by atoms with E-state index in [1.54, 1.807) is 43.3 Å². The smallest absolute Gasteiger partial charge is 0.337 e. The molecule has 0 radical (unpaired) electrons. The summed E-state index contributed by atoms with van der Waals surface area (Å²) in [4.78, 5) is 22.4. The Morgan fingerprint density at radius 2 is 0.851 bits per heavy atom. The van der Waals surface area contributed by atoms with Gasteiger partial charge in [0, 0.05) is 4.83 Å². The van der Waals surface area contributed by atoms with Crippen LogP contribution >= 0.6 is 50.9 Å². The predicted molar refractivity (Wildman–Crippen MR) is 207 cm³/mol. The second-order valence-corrected chi connectivity index (χ2v) is 26.5. The first kappa shape index (κ1) is 38.3. The zero-order chi connectivity index (χ0) is 34.5. The first-order valence-electron chi connectivity index (χ1n) is 14.7. The van der Waals surface area contributed by atoms with Gasteiger partial charge in [0.2, 0.25) is 0 Å². The van der Waals surface area contributed by atoms with E-state index in [0.717, 1.165) is 11.1 Å². The average molecular weight is 845 g/mol. The molecular formula is C38H38Br3O5P. The molecule has 5 nitrogen and oxygen atoms in total. The van der Waals surface area contributed by atoms with E-state index >= 15 is 0 Å². The van der Waals surface area contributed by atoms with Gasteiger partial charge in [-0.3, -0.25) is 0 Å². The maximum absolute atomic E-state index is 11.1. The third kappa shape index (κ3) is 9.94. The van der Waals surface area contributed by atoms with Crippen LogP contribution < -0.4 is 15.9 Å². The van der Waals surface area contributed by atoms with Crippen molar-refractivity contribution in [2.45, 2.75) is 24.8 Å². The molecule has 0 fully saturated rings. The van der Waals surface area contributed by atoms with Crippen molar-refractivity contribution in [2.24, 2.45) is 0 Å². The quantitative estimate of drug-likeness (QED) is 0.100. The minimum atomic E-state index is -2.75. The molecule has 9 heteroatoms. The molecule has 0 aliphatic heterocycles. The number of methoxy groups -OCH3 is 2. The van der Waals surface area contributed by atoms with Gasteiger partial charge in [-0.05, 0) is 49.2 Å². The Morgan fingerprint density at radius 1 is 0.553 bits per heavy atom. The fraction of sp³-hybridized carbons (Fsp3) is 0.158. The van der Waals surface area contributed by atoms with Gasteiger partial charge in [-0.25, -0.2) is 9.59 Å². The van der Waals surface area contributed by atoms with Crippen LogP contribution in [0, 0.1) is 0 Å². The van der Waals surface area contributed by atoms with Gasteiger partial charge in [-0.2, -0.15) is 0 Å². The molecule has 0 aromatic heterocycles. The summed E-state index contributed by atoms with van der Waals surface area (Å²) in [5.74, 6) is -0.661. The molecule has 5 rings (SSSR count). The van der Waals surface area contributed by atoms with Gasteiger partial charge in [0.25, 0.3) is 0 Å². The van der Waals surface area contributed by atoms with Crippen LogP contribution in [0.1, 0.15) is 56.6 Å². The van der Waals surface area contributed by atoms with Gasteiger partial charge in [-0.1, -0.05) is 40.2 Å². The molecule has 2 atom stereocenters. The Kier molecular flexibility index (Phi) is 14.6. The number of hydrogen-bond acceptors (Lipinski definition) is 5. The average Bonchev–Trinajstić information content (AvgIpc) is 3.12. The zero-order valence-electron chi connectivity index (χ0n) is 26.6. The Balaban J connectivity index is 0.000000202. The Bertz CT molecular complexity index is 1530. The largest absolute Gasteiger partial charge is 0.465 e. The van der Waals surface area contributed by atoms with Crippen LogP contribution in [0.2, 0.25) is 0 Å². The molecule has 0 aliphatic carbocycles. The van der Waals surface area contributed by atoms with Crippen molar-refractivity contribution in [3.05, 3.63) is 162 Å². The SMILES string of the molecule is BrP(Br)(c1ccccc1)(c1ccccc1)c1ccccc1.COC(=O)c1ccc(C(C)Br)cc1.COC(=O)c1ccc(C(C)O)cc1. The number of aliphatic hydroxyl groups excluding tert-OH is 1. The van der Waals surface area contributed by atoms with Crippen molar-refractivity contribution in [3.8, 4) is 0 Å². The number of rotatable bonds is 7. The van der Waals surface area contributed by atoms with E-state index in [0.29, 0.717) is 16.0 Å². The van der Waals surface area contributed by atoms with E-state index in [9.17, 15) is 14.7 Å². The number of aliphatic hydroxyl groups is 1. The number of halogens is 3. The molecule has 246 valence electrons. The number of ether oxygens (including phenoxy) is 2. The van der Waals surface area contributed by atoms with Crippen LogP contribution in [-0.2, 0) is 9.47 Å². The molecule has 0 saturated carbocycles. The van der Waals surface area contributed by atoms with Crippen molar-refractivity contribution < 1.29 is 24.2 Å². The van der Waals surface area contributed by atoms with Crippen LogP contribution in [0.4, 0.5) is 0 Å². The van der Waals surface area contributed by atoms with Gasteiger partial charge in [0.1, 0.15) is 0 Å². The summed E-state index contributed by atoms with van der Waals surface area (Å²) in [5.41, 5.74) is 3.01. The molecule has 0 spiro atoms. The monoisotopic (exact) mass is 842 g/mol. The van der Waals surface area contributed by atoms with Gasteiger partial charge < -0.3 is 14.6 Å². The normalized spacial score (nSPS) is 12.7. The standard InChI is InChI=1S/C18H15Br2P.C10H11BrO2.C10H12O3/c19-21(20,16-10-4-1-5-11-16,17-12-6-2-7-13-17)18-14-8-3-9-15-18;2*1-7(11)8-3-5-9(6-4-8)10(12)13-2/h1-15H;3-7H,1-2H3;3-7,11H,1-2H3. The fourth-order valence-electron chi connectivity index (χ4n) is 4.53. The van der Waals surface area contributed by atoms with Crippen molar-refractivity contribution in [3.63, 3.8) is 0 Å². The van der Waals surface area contributed by atoms with Crippen molar-refractivity contribution in [2.75, 3.05) is 14.2 Å². The molecule has 5 aromatic rings. The second kappa shape index (κ2) is 17.9. The van der Waals surface area contributed by atoms with Crippen LogP contribution in [0.15, 0.2) is 140 Å². The maximum Gasteiger partial charge on any atom is 0.337 e. The van der Waals surface area contributed by atoms with E-state index in [-0.39, 0.29) is 11.9 Å². The Hall–Kier alpha value is -3.13. The summed E-state index contributed by atoms with van der Waals surface area (Å²) in [6, 6.07) is 45.8. The minimum Gasteiger partial charge on any atom is -0.465 e. The molecule has 47 heavy (non-hydrogen) atoms. The van der Waals surface area contributed by atoms with E-state index in [1.165, 1.54) is 30.1 Å². The summed E-state index contributed by atoms with van der Waals surface area (Å²) in [7, 11) is 2.72. The third-order valence-corrected chi connectivity index (χ3v) is 18.7. The van der Waals surface area contributed by atoms with E-state index < -0.39 is 10.1 Å². The number of carbonyl (C=O) groups excluding carboxylic acids is 2. The maximum atomic E-state index is 11.1. The summed E-state index contributed by atoms with van der Waals surface area (Å²) in [6.07, 6.45) is -0.508. The van der Waals surface area contributed by atoms with Crippen LogP contribution in [0.5, 0.6) is 0 Å². The summed E-state index contributed by atoms with van der Waals surface area (Å²) in [6.45, 7) is 3.71. The van der Waals surface area contributed by atoms with Gasteiger partial charge in [0.15, 0.2) is 0 Å². The first-order chi connectivity index (χ1) is 22.4. The third-order valence-electron chi connectivity index (χ3n) is 7.23. The molecule has 0 aliphatic rings. The number of alkyl halides is 1. The second-order valence-electron chi connectivity index (χ2n) is 10.4. The molecule has 0 heterocycles. The molecular weight excluding hydrogens is 807 g/mol. The van der Waals surface area contributed by atoms with Gasteiger partial charge in [-0.15, -0.1) is 0 Å². The molecule has 0 amide bonds. The van der Waals surface area contributed by atoms with E-state index in [4.69, 9.17) is 0 Å². The van der Waals surface area contributed by atoms with Crippen LogP contribution in [-0.4, -0.2) is 31.3 Å².